The van der Waals surface area contributed by atoms with Crippen LogP contribution in [0.4, 0.5) is 0 Å². The standard InChI is InChI=1S/C22H21N2O.C21H23N2Si.Ir/c1-14-8-9-17-16-6-5-7-18(20(16)25-21(17)24-14)19-12-15(10-11-23-19)13-22(2,3)4;1-15-11-18(12-16(2)23-15)19-13-20(17-9-7-6-8-10-17)22-14-21(19)24(3,4)5;/h5-6,8-12H,13H2,1-4H3;6-9,11-14H,1-5H3;/q2*-1;. The van der Waals surface area contributed by atoms with Gasteiger partial charge < -0.3 is 14.4 Å². The molecular weight excluding hydrogens is 809 g/mol. The summed E-state index contributed by atoms with van der Waals surface area (Å²) in [5.41, 5.74) is 12.3. The molecule has 0 saturated carbocycles. The van der Waals surface area contributed by atoms with Crippen LogP contribution in [-0.4, -0.2) is 28.0 Å². The predicted molar refractivity (Wildman–Crippen MR) is 206 cm³/mol. The Hall–Kier alpha value is -4.29. The summed E-state index contributed by atoms with van der Waals surface area (Å²) in [6.07, 6.45) is 4.94. The molecule has 5 nitrogen and oxygen atoms in total. The Morgan fingerprint density at radius 2 is 1.50 bits per heavy atom. The van der Waals surface area contributed by atoms with Gasteiger partial charge in [0.1, 0.15) is 0 Å². The van der Waals surface area contributed by atoms with Crippen molar-refractivity contribution in [2.24, 2.45) is 5.41 Å². The third-order valence-corrected chi connectivity index (χ3v) is 10.4. The normalized spacial score (nSPS) is 11.6. The third-order valence-electron chi connectivity index (χ3n) is 8.34. The molecule has 0 saturated heterocycles. The van der Waals surface area contributed by atoms with Crippen LogP contribution in [-0.2, 0) is 26.5 Å². The van der Waals surface area contributed by atoms with Crippen LogP contribution in [0.15, 0.2) is 95.7 Å². The fraction of sp³-hybridized carbons (Fsp3) is 0.256. The Morgan fingerprint density at radius 3 is 2.18 bits per heavy atom. The number of furan rings is 1. The van der Waals surface area contributed by atoms with Gasteiger partial charge in [-0.05, 0) is 90.6 Å². The number of benzene rings is 2. The second-order valence-electron chi connectivity index (χ2n) is 15.1. The van der Waals surface area contributed by atoms with Crippen molar-refractivity contribution in [3.8, 4) is 33.6 Å². The maximum atomic E-state index is 6.08. The molecule has 1 radical (unpaired) electrons. The van der Waals surface area contributed by atoms with E-state index in [2.05, 4.69) is 130 Å². The van der Waals surface area contributed by atoms with Gasteiger partial charge in [0.2, 0.25) is 5.71 Å². The van der Waals surface area contributed by atoms with Crippen molar-refractivity contribution in [3.05, 3.63) is 126 Å². The smallest absolute Gasteiger partial charge is 0.216 e. The molecule has 5 aromatic heterocycles. The van der Waals surface area contributed by atoms with Gasteiger partial charge in [0.15, 0.2) is 0 Å². The molecular formula is C43H44IrN4OSi-2. The van der Waals surface area contributed by atoms with Gasteiger partial charge in [-0.3, -0.25) is 4.98 Å². The van der Waals surface area contributed by atoms with Gasteiger partial charge >= 0.3 is 0 Å². The van der Waals surface area contributed by atoms with E-state index in [-0.39, 0.29) is 25.5 Å². The number of pyridine rings is 4. The predicted octanol–water partition coefficient (Wildman–Crippen LogP) is 10.5. The molecule has 0 atom stereocenters. The SMILES string of the molecule is Cc1cc(-c2cc(-c3[c-]cccc3)ncc2[Si](C)(C)C)cc(C)n1.Cc1ccc2c(n1)oc1c(-c3cc(CC(C)(C)C)ccn3)[c-]ccc12.[Ir]. The van der Waals surface area contributed by atoms with Crippen molar-refractivity contribution in [3.63, 3.8) is 0 Å². The zero-order valence-electron chi connectivity index (χ0n) is 30.4. The van der Waals surface area contributed by atoms with E-state index in [1.807, 2.05) is 49.5 Å². The van der Waals surface area contributed by atoms with Crippen molar-refractivity contribution in [1.82, 2.24) is 19.9 Å². The zero-order valence-corrected chi connectivity index (χ0v) is 33.8. The first kappa shape index (κ1) is 37.0. The first-order valence-electron chi connectivity index (χ1n) is 16.8. The molecule has 0 N–H and O–H groups in total. The average molecular weight is 853 g/mol. The number of aryl methyl sites for hydroxylation is 3. The fourth-order valence-electron chi connectivity index (χ4n) is 6.22. The van der Waals surface area contributed by atoms with Gasteiger partial charge in [-0.25, -0.2) is 4.98 Å². The summed E-state index contributed by atoms with van der Waals surface area (Å²) >= 11 is 0. The van der Waals surface area contributed by atoms with Gasteiger partial charge in [-0.1, -0.05) is 69.1 Å². The maximum absolute atomic E-state index is 6.08. The van der Waals surface area contributed by atoms with E-state index in [9.17, 15) is 0 Å². The molecule has 0 amide bonds. The van der Waals surface area contributed by atoms with Crippen molar-refractivity contribution in [2.45, 2.75) is 67.6 Å². The zero-order chi connectivity index (χ0) is 34.9. The minimum Gasteiger partial charge on any atom is -0.486 e. The van der Waals surface area contributed by atoms with Crippen LogP contribution < -0.4 is 5.19 Å². The van der Waals surface area contributed by atoms with Crippen LogP contribution in [0.1, 0.15) is 43.4 Å². The molecule has 7 rings (SSSR count). The number of nitrogens with zero attached hydrogens (tertiary/aromatic N) is 4. The summed E-state index contributed by atoms with van der Waals surface area (Å²) in [6.45, 7) is 19.9. The summed E-state index contributed by atoms with van der Waals surface area (Å²) in [4.78, 5) is 18.3. The van der Waals surface area contributed by atoms with E-state index in [1.54, 1.807) is 0 Å². The Labute approximate surface area is 311 Å². The minimum absolute atomic E-state index is 0. The van der Waals surface area contributed by atoms with Crippen LogP contribution in [0, 0.1) is 38.3 Å². The van der Waals surface area contributed by atoms with Crippen LogP contribution in [0.2, 0.25) is 19.6 Å². The Morgan fingerprint density at radius 1 is 0.740 bits per heavy atom. The molecule has 0 fully saturated rings. The van der Waals surface area contributed by atoms with Gasteiger partial charge in [0.05, 0.1) is 13.7 Å². The number of hydrogen-bond donors (Lipinski definition) is 0. The Balaban J connectivity index is 0.000000191. The summed E-state index contributed by atoms with van der Waals surface area (Å²) < 4.78 is 6.08. The van der Waals surface area contributed by atoms with Crippen molar-refractivity contribution in [2.75, 3.05) is 0 Å². The van der Waals surface area contributed by atoms with Gasteiger partial charge in [-0.15, -0.1) is 54.1 Å². The van der Waals surface area contributed by atoms with E-state index in [1.165, 1.54) is 21.9 Å². The van der Waals surface area contributed by atoms with Crippen molar-refractivity contribution < 1.29 is 24.5 Å². The van der Waals surface area contributed by atoms with Crippen molar-refractivity contribution >= 4 is 35.3 Å². The van der Waals surface area contributed by atoms with Crippen LogP contribution >= 0.6 is 0 Å². The summed E-state index contributed by atoms with van der Waals surface area (Å²) in [6, 6.07) is 33.4. The van der Waals surface area contributed by atoms with Crippen LogP contribution in [0.5, 0.6) is 0 Å². The number of rotatable bonds is 5. The van der Waals surface area contributed by atoms with Gasteiger partial charge in [0, 0.05) is 55.0 Å². The number of fused-ring (bicyclic) bond motifs is 3. The molecule has 0 unspecified atom stereocenters. The van der Waals surface area contributed by atoms with Gasteiger partial charge in [0.25, 0.3) is 0 Å². The van der Waals surface area contributed by atoms with Gasteiger partial charge in [-0.2, -0.15) is 0 Å². The van der Waals surface area contributed by atoms with E-state index >= 15 is 0 Å². The summed E-state index contributed by atoms with van der Waals surface area (Å²) in [5, 5.41) is 3.47. The summed E-state index contributed by atoms with van der Waals surface area (Å²) in [5.74, 6) is 0. The molecule has 2 aromatic carbocycles. The average Bonchev–Trinajstić information content (AvgIpc) is 3.41. The van der Waals surface area contributed by atoms with Crippen molar-refractivity contribution in [1.29, 1.82) is 0 Å². The second-order valence-corrected chi connectivity index (χ2v) is 20.1. The molecule has 7 aromatic rings. The topological polar surface area (TPSA) is 64.7 Å². The maximum Gasteiger partial charge on any atom is 0.216 e. The molecule has 50 heavy (non-hydrogen) atoms. The first-order chi connectivity index (χ1) is 23.2. The molecule has 0 bridgehead atoms. The second kappa shape index (κ2) is 14.9. The molecule has 0 spiro atoms. The summed E-state index contributed by atoms with van der Waals surface area (Å²) in [7, 11) is -1.51. The number of hydrogen-bond acceptors (Lipinski definition) is 5. The van der Waals surface area contributed by atoms with Crippen LogP contribution in [0.3, 0.4) is 0 Å². The molecule has 0 aliphatic carbocycles. The van der Waals surface area contributed by atoms with E-state index in [0.717, 1.165) is 62.4 Å². The molecule has 0 aliphatic heterocycles. The minimum atomic E-state index is -1.51. The quantitative estimate of drug-likeness (QED) is 0.128. The first-order valence-corrected chi connectivity index (χ1v) is 20.3. The molecule has 5 heterocycles. The van der Waals surface area contributed by atoms with E-state index in [4.69, 9.17) is 9.40 Å². The van der Waals surface area contributed by atoms with Crippen LogP contribution in [0.25, 0.3) is 55.7 Å². The Bertz CT molecular complexity index is 2250. The third kappa shape index (κ3) is 8.52. The van der Waals surface area contributed by atoms with E-state index < -0.39 is 8.07 Å². The molecule has 257 valence electrons. The Kier molecular flexibility index (Phi) is 11.0. The molecule has 7 heteroatoms. The molecule has 0 aliphatic rings. The largest absolute Gasteiger partial charge is 0.486 e. The number of aromatic nitrogens is 4. The van der Waals surface area contributed by atoms with E-state index in [0.29, 0.717) is 5.71 Å². The monoisotopic (exact) mass is 853 g/mol. The fourth-order valence-corrected chi connectivity index (χ4v) is 7.70.